The molecule has 16 heavy (non-hydrogen) atoms. The smallest absolute Gasteiger partial charge is 0.243 e. The molecule has 0 aromatic heterocycles. The minimum atomic E-state index is -3.01. The van der Waals surface area contributed by atoms with E-state index in [-0.39, 0.29) is 0 Å². The van der Waals surface area contributed by atoms with Gasteiger partial charge in [-0.1, -0.05) is 12.1 Å². The van der Waals surface area contributed by atoms with E-state index in [1.165, 1.54) is 0 Å². The van der Waals surface area contributed by atoms with E-state index >= 15 is 0 Å². The summed E-state index contributed by atoms with van der Waals surface area (Å²) in [5.74, 6) is 0.622. The van der Waals surface area contributed by atoms with E-state index < -0.39 is 19.7 Å². The van der Waals surface area contributed by atoms with Crippen LogP contribution in [-0.4, -0.2) is 11.6 Å². The van der Waals surface area contributed by atoms with Crippen LogP contribution in [0.2, 0.25) is 0 Å². The predicted molar refractivity (Wildman–Crippen MR) is 55.9 cm³/mol. The molecular weight excluding hydrogens is 231 g/mol. The third-order valence-electron chi connectivity index (χ3n) is 2.30. The minimum Gasteiger partial charge on any atom is -0.243 e. The molecule has 0 saturated carbocycles. The van der Waals surface area contributed by atoms with Gasteiger partial charge in [0.05, 0.1) is 0 Å². The highest BCUT2D eigenvalue weighted by molar-refractivity contribution is 7.58. The molecular formula is C10H10O5P+. The van der Waals surface area contributed by atoms with Gasteiger partial charge < -0.3 is 0 Å². The zero-order chi connectivity index (χ0) is 11.4. The van der Waals surface area contributed by atoms with Crippen molar-refractivity contribution in [1.29, 1.82) is 0 Å². The summed E-state index contributed by atoms with van der Waals surface area (Å²) >= 11 is 0. The van der Waals surface area contributed by atoms with E-state index in [0.29, 0.717) is 11.5 Å². The second-order valence-electron chi connectivity index (χ2n) is 4.06. The fraction of sp³-hybridized carbons (Fsp3) is 0.300. The molecule has 0 amide bonds. The van der Waals surface area contributed by atoms with E-state index in [9.17, 15) is 4.79 Å². The molecule has 84 valence electrons. The molecule has 0 aliphatic carbocycles. The SMILES string of the molecule is CC1(C)O[P+]2(OC1=O)Oc1ccccc1O2. The molecule has 0 unspecified atom stereocenters. The Morgan fingerprint density at radius 1 is 1.06 bits per heavy atom. The molecule has 1 aromatic carbocycles. The Bertz CT molecular complexity index is 445. The van der Waals surface area contributed by atoms with Crippen LogP contribution in [0.25, 0.3) is 0 Å². The summed E-state index contributed by atoms with van der Waals surface area (Å²) in [6.07, 6.45) is 0. The first-order valence-corrected chi connectivity index (χ1v) is 6.29. The van der Waals surface area contributed by atoms with Crippen LogP contribution in [0.1, 0.15) is 13.8 Å². The molecule has 2 aliphatic heterocycles. The van der Waals surface area contributed by atoms with Gasteiger partial charge in [-0.3, -0.25) is 0 Å². The quantitative estimate of drug-likeness (QED) is 0.653. The van der Waals surface area contributed by atoms with Gasteiger partial charge in [0.15, 0.2) is 0 Å². The van der Waals surface area contributed by atoms with Crippen LogP contribution < -0.4 is 9.05 Å². The standard InChI is InChI=1S/C10H10O5P/c1-10(2)9(11)14-16(15-10)12-7-5-3-4-6-8(7)13-16/h3-6H,1-2H3/q+1. The molecule has 1 fully saturated rings. The Hall–Kier alpha value is -1.32. The fourth-order valence-electron chi connectivity index (χ4n) is 1.48. The van der Waals surface area contributed by atoms with E-state index in [0.717, 1.165) is 0 Å². The monoisotopic (exact) mass is 241 g/mol. The third-order valence-corrected chi connectivity index (χ3v) is 4.21. The van der Waals surface area contributed by atoms with Gasteiger partial charge in [-0.25, -0.2) is 18.4 Å². The molecule has 6 heteroatoms. The van der Waals surface area contributed by atoms with Crippen LogP contribution in [-0.2, 0) is 13.8 Å². The molecule has 1 spiro atoms. The fourth-order valence-corrected chi connectivity index (χ4v) is 3.55. The van der Waals surface area contributed by atoms with Gasteiger partial charge in [0.25, 0.3) is 0 Å². The largest absolute Gasteiger partial charge is 0.721 e. The highest BCUT2D eigenvalue weighted by Gasteiger charge is 2.72. The molecule has 0 bridgehead atoms. The van der Waals surface area contributed by atoms with Crippen molar-refractivity contribution in [3.63, 3.8) is 0 Å². The maximum atomic E-state index is 11.5. The van der Waals surface area contributed by atoms with Crippen LogP contribution >= 0.6 is 8.17 Å². The molecule has 2 heterocycles. The van der Waals surface area contributed by atoms with Gasteiger partial charge in [0, 0.05) is 0 Å². The van der Waals surface area contributed by atoms with Gasteiger partial charge in [-0.15, -0.1) is 4.52 Å². The number of carbonyl (C=O) groups excluding carboxylic acids is 1. The number of rotatable bonds is 0. The summed E-state index contributed by atoms with van der Waals surface area (Å²) in [4.78, 5) is 11.5. The maximum absolute atomic E-state index is 11.5. The Kier molecular flexibility index (Phi) is 1.77. The number of benzene rings is 1. The second-order valence-corrected chi connectivity index (χ2v) is 5.68. The van der Waals surface area contributed by atoms with Crippen molar-refractivity contribution in [2.45, 2.75) is 19.4 Å². The zero-order valence-corrected chi connectivity index (χ0v) is 9.69. The Labute approximate surface area is 92.9 Å². The van der Waals surface area contributed by atoms with E-state index in [4.69, 9.17) is 18.1 Å². The summed E-state index contributed by atoms with van der Waals surface area (Å²) in [5, 5.41) is 0. The summed E-state index contributed by atoms with van der Waals surface area (Å²) < 4.78 is 21.6. The predicted octanol–water partition coefficient (Wildman–Crippen LogP) is 2.49. The van der Waals surface area contributed by atoms with Crippen LogP contribution in [0.4, 0.5) is 0 Å². The van der Waals surface area contributed by atoms with Gasteiger partial charge in [0.2, 0.25) is 17.1 Å². The first kappa shape index (κ1) is 9.87. The lowest BCUT2D eigenvalue weighted by atomic mass is 10.1. The van der Waals surface area contributed by atoms with Crippen molar-refractivity contribution < 1.29 is 22.9 Å². The molecule has 3 rings (SSSR count). The zero-order valence-electron chi connectivity index (χ0n) is 8.80. The summed E-state index contributed by atoms with van der Waals surface area (Å²) in [6, 6.07) is 7.11. The van der Waals surface area contributed by atoms with Crippen molar-refractivity contribution in [2.75, 3.05) is 0 Å². The first-order valence-electron chi connectivity index (χ1n) is 4.83. The summed E-state index contributed by atoms with van der Waals surface area (Å²) in [6.45, 7) is 3.25. The molecule has 0 atom stereocenters. The average molecular weight is 241 g/mol. The summed E-state index contributed by atoms with van der Waals surface area (Å²) in [5.41, 5.74) is -1.02. The molecule has 1 saturated heterocycles. The lowest BCUT2D eigenvalue weighted by Gasteiger charge is -2.06. The van der Waals surface area contributed by atoms with E-state index in [1.807, 2.05) is 12.1 Å². The van der Waals surface area contributed by atoms with Crippen molar-refractivity contribution in [2.24, 2.45) is 0 Å². The lowest BCUT2D eigenvalue weighted by molar-refractivity contribution is -0.141. The molecule has 1 aromatic rings. The summed E-state index contributed by atoms with van der Waals surface area (Å²) in [7, 11) is -3.01. The minimum absolute atomic E-state index is 0.464. The van der Waals surface area contributed by atoms with Gasteiger partial charge in [-0.05, 0) is 26.0 Å². The van der Waals surface area contributed by atoms with Gasteiger partial charge in [-0.2, -0.15) is 0 Å². The normalized spacial score (nSPS) is 23.5. The molecule has 0 radical (unpaired) electrons. The first-order chi connectivity index (χ1) is 7.51. The van der Waals surface area contributed by atoms with Crippen molar-refractivity contribution >= 4 is 14.1 Å². The maximum Gasteiger partial charge on any atom is 0.721 e. The van der Waals surface area contributed by atoms with E-state index in [2.05, 4.69) is 0 Å². The van der Waals surface area contributed by atoms with Crippen LogP contribution in [0, 0.1) is 0 Å². The van der Waals surface area contributed by atoms with Crippen molar-refractivity contribution in [3.05, 3.63) is 24.3 Å². The van der Waals surface area contributed by atoms with E-state index in [1.54, 1.807) is 26.0 Å². The Morgan fingerprint density at radius 3 is 2.06 bits per heavy atom. The lowest BCUT2D eigenvalue weighted by Crippen LogP contribution is -2.27. The number of hydrogen-bond donors (Lipinski definition) is 0. The highest BCUT2D eigenvalue weighted by Crippen LogP contribution is 2.73. The number of para-hydroxylation sites is 2. The van der Waals surface area contributed by atoms with Crippen molar-refractivity contribution in [3.8, 4) is 11.5 Å². The van der Waals surface area contributed by atoms with Crippen LogP contribution in [0.15, 0.2) is 24.3 Å². The van der Waals surface area contributed by atoms with Gasteiger partial charge in [0.1, 0.15) is 0 Å². The Morgan fingerprint density at radius 2 is 1.62 bits per heavy atom. The molecule has 0 N–H and O–H groups in total. The van der Waals surface area contributed by atoms with Crippen LogP contribution in [0.5, 0.6) is 11.5 Å². The topological polar surface area (TPSA) is 54.0 Å². The number of carbonyl (C=O) groups is 1. The molecule has 5 nitrogen and oxygen atoms in total. The molecule has 2 aliphatic rings. The Balaban J connectivity index is 1.94. The van der Waals surface area contributed by atoms with Crippen molar-refractivity contribution in [1.82, 2.24) is 0 Å². The van der Waals surface area contributed by atoms with Gasteiger partial charge >= 0.3 is 14.1 Å². The van der Waals surface area contributed by atoms with Crippen LogP contribution in [0.3, 0.4) is 0 Å². The number of fused-ring (bicyclic) bond motifs is 1. The third kappa shape index (κ3) is 1.29. The number of hydrogen-bond acceptors (Lipinski definition) is 5. The average Bonchev–Trinajstić information content (AvgIpc) is 2.63. The highest BCUT2D eigenvalue weighted by atomic mass is 31.2. The second kappa shape index (κ2) is 2.87.